The molecule has 8 heteroatoms. The summed E-state index contributed by atoms with van der Waals surface area (Å²) in [4.78, 5) is 35.9. The average Bonchev–Trinajstić information content (AvgIpc) is 3.07. The van der Waals surface area contributed by atoms with Gasteiger partial charge in [-0.1, -0.05) is 55.5 Å². The standard InChI is InChI=1S/C23H26N2O6/c1-3-19(21(27)25-20(13(2)26)22(28)29)24-23(30)31-12-18-16-10-6-4-8-14(16)15-9-5-7-11-17(15)18/h4-11,13,18-20,26H,3,12H2,1-2H3,(H,24,30)(H,25,27)(H,28,29)/t13-,19-,20+/m1/s1. The molecule has 2 amide bonds. The zero-order chi connectivity index (χ0) is 22.5. The van der Waals surface area contributed by atoms with E-state index in [1.807, 2.05) is 48.5 Å². The van der Waals surface area contributed by atoms with Crippen LogP contribution in [-0.2, 0) is 14.3 Å². The molecule has 0 unspecified atom stereocenters. The molecule has 3 rings (SSSR count). The molecule has 0 fully saturated rings. The highest BCUT2D eigenvalue weighted by atomic mass is 16.5. The second kappa shape index (κ2) is 9.61. The molecule has 0 saturated heterocycles. The van der Waals surface area contributed by atoms with E-state index in [0.717, 1.165) is 22.3 Å². The van der Waals surface area contributed by atoms with Crippen LogP contribution in [0.2, 0.25) is 0 Å². The summed E-state index contributed by atoms with van der Waals surface area (Å²) in [6.45, 7) is 3.04. The van der Waals surface area contributed by atoms with Crippen LogP contribution in [0.15, 0.2) is 48.5 Å². The number of carboxylic acids is 1. The lowest BCUT2D eigenvalue weighted by molar-refractivity contribution is -0.145. The first-order chi connectivity index (χ1) is 14.8. The summed E-state index contributed by atoms with van der Waals surface area (Å²) in [5.41, 5.74) is 4.36. The van der Waals surface area contributed by atoms with Crippen molar-refractivity contribution in [1.82, 2.24) is 10.6 Å². The summed E-state index contributed by atoms with van der Waals surface area (Å²) >= 11 is 0. The first kappa shape index (κ1) is 22.3. The number of benzene rings is 2. The number of nitrogens with one attached hydrogen (secondary N) is 2. The maximum absolute atomic E-state index is 12.4. The molecule has 0 aliphatic heterocycles. The van der Waals surface area contributed by atoms with E-state index in [9.17, 15) is 19.5 Å². The molecule has 164 valence electrons. The van der Waals surface area contributed by atoms with Gasteiger partial charge in [-0.05, 0) is 35.6 Å². The minimum atomic E-state index is -1.47. The Kier molecular flexibility index (Phi) is 6.91. The largest absolute Gasteiger partial charge is 0.480 e. The molecule has 0 saturated carbocycles. The SMILES string of the molecule is CC[C@@H](NC(=O)OCC1c2ccccc2-c2ccccc21)C(=O)N[C@H](C(=O)O)[C@@H](C)O. The number of rotatable bonds is 8. The van der Waals surface area contributed by atoms with Crippen molar-refractivity contribution in [3.8, 4) is 11.1 Å². The van der Waals surface area contributed by atoms with Crippen molar-refractivity contribution in [2.24, 2.45) is 0 Å². The lowest BCUT2D eigenvalue weighted by Crippen LogP contribution is -2.54. The number of fused-ring (bicyclic) bond motifs is 3. The Morgan fingerprint density at radius 2 is 1.55 bits per heavy atom. The van der Waals surface area contributed by atoms with Crippen LogP contribution in [0.5, 0.6) is 0 Å². The zero-order valence-electron chi connectivity index (χ0n) is 17.4. The lowest BCUT2D eigenvalue weighted by atomic mass is 9.98. The van der Waals surface area contributed by atoms with Gasteiger partial charge in [0.2, 0.25) is 5.91 Å². The van der Waals surface area contributed by atoms with E-state index in [2.05, 4.69) is 10.6 Å². The van der Waals surface area contributed by atoms with Gasteiger partial charge in [-0.3, -0.25) is 4.79 Å². The van der Waals surface area contributed by atoms with Gasteiger partial charge < -0.3 is 25.6 Å². The van der Waals surface area contributed by atoms with Crippen molar-refractivity contribution < 1.29 is 29.3 Å². The monoisotopic (exact) mass is 426 g/mol. The number of amides is 2. The van der Waals surface area contributed by atoms with Crippen molar-refractivity contribution in [3.63, 3.8) is 0 Å². The van der Waals surface area contributed by atoms with Crippen molar-refractivity contribution >= 4 is 18.0 Å². The first-order valence-electron chi connectivity index (χ1n) is 10.2. The Labute approximate surface area is 180 Å². The Balaban J connectivity index is 1.63. The molecule has 4 N–H and O–H groups in total. The Morgan fingerprint density at radius 1 is 1.00 bits per heavy atom. The zero-order valence-corrected chi connectivity index (χ0v) is 17.4. The van der Waals surface area contributed by atoms with Crippen LogP contribution in [0.4, 0.5) is 4.79 Å². The van der Waals surface area contributed by atoms with Crippen molar-refractivity contribution in [2.75, 3.05) is 6.61 Å². The van der Waals surface area contributed by atoms with Gasteiger partial charge in [0, 0.05) is 5.92 Å². The van der Waals surface area contributed by atoms with Crippen molar-refractivity contribution in [3.05, 3.63) is 59.7 Å². The molecular formula is C23H26N2O6. The van der Waals surface area contributed by atoms with Gasteiger partial charge in [0.05, 0.1) is 6.10 Å². The van der Waals surface area contributed by atoms with E-state index in [4.69, 9.17) is 9.84 Å². The fourth-order valence-electron chi connectivity index (χ4n) is 3.78. The highest BCUT2D eigenvalue weighted by Crippen LogP contribution is 2.44. The third-order valence-electron chi connectivity index (χ3n) is 5.41. The van der Waals surface area contributed by atoms with Gasteiger partial charge in [-0.15, -0.1) is 0 Å². The molecule has 1 aliphatic carbocycles. The van der Waals surface area contributed by atoms with Gasteiger partial charge in [-0.2, -0.15) is 0 Å². The number of aliphatic hydroxyl groups excluding tert-OH is 1. The summed E-state index contributed by atoms with van der Waals surface area (Å²) in [6.07, 6.45) is -1.83. The maximum atomic E-state index is 12.4. The molecule has 2 aromatic rings. The lowest BCUT2D eigenvalue weighted by Gasteiger charge is -2.22. The van der Waals surface area contributed by atoms with Crippen LogP contribution in [0.3, 0.4) is 0 Å². The predicted molar refractivity (Wildman–Crippen MR) is 114 cm³/mol. The molecule has 8 nitrogen and oxygen atoms in total. The van der Waals surface area contributed by atoms with Crippen LogP contribution in [0.25, 0.3) is 11.1 Å². The van der Waals surface area contributed by atoms with E-state index in [1.165, 1.54) is 6.92 Å². The highest BCUT2D eigenvalue weighted by Gasteiger charge is 2.31. The smallest absolute Gasteiger partial charge is 0.407 e. The van der Waals surface area contributed by atoms with Crippen LogP contribution in [0.1, 0.15) is 37.3 Å². The van der Waals surface area contributed by atoms with Crippen molar-refractivity contribution in [2.45, 2.75) is 44.4 Å². The number of aliphatic carboxylic acids is 1. The minimum absolute atomic E-state index is 0.101. The number of carboxylic acid groups (broad SMARTS) is 1. The maximum Gasteiger partial charge on any atom is 0.407 e. The number of hydrogen-bond donors (Lipinski definition) is 4. The van der Waals surface area contributed by atoms with E-state index in [1.54, 1.807) is 6.92 Å². The van der Waals surface area contributed by atoms with E-state index >= 15 is 0 Å². The Bertz CT molecular complexity index is 929. The highest BCUT2D eigenvalue weighted by molar-refractivity contribution is 5.89. The van der Waals surface area contributed by atoms with Gasteiger partial charge in [0.1, 0.15) is 12.6 Å². The molecule has 3 atom stereocenters. The van der Waals surface area contributed by atoms with Gasteiger partial charge >= 0.3 is 12.1 Å². The van der Waals surface area contributed by atoms with Gasteiger partial charge in [0.25, 0.3) is 0 Å². The third kappa shape index (κ3) is 4.86. The van der Waals surface area contributed by atoms with Crippen LogP contribution >= 0.6 is 0 Å². The van der Waals surface area contributed by atoms with E-state index in [-0.39, 0.29) is 18.9 Å². The van der Waals surface area contributed by atoms with E-state index in [0.29, 0.717) is 0 Å². The predicted octanol–water partition coefficient (Wildman–Crippen LogP) is 2.25. The summed E-state index contributed by atoms with van der Waals surface area (Å²) in [5, 5.41) is 23.3. The van der Waals surface area contributed by atoms with E-state index < -0.39 is 36.2 Å². The Hall–Kier alpha value is -3.39. The summed E-state index contributed by atoms with van der Waals surface area (Å²) in [6, 6.07) is 13.4. The summed E-state index contributed by atoms with van der Waals surface area (Å²) in [5.74, 6) is -2.18. The van der Waals surface area contributed by atoms with Crippen LogP contribution < -0.4 is 10.6 Å². The van der Waals surface area contributed by atoms with Gasteiger partial charge in [-0.25, -0.2) is 9.59 Å². The molecule has 0 aromatic heterocycles. The molecule has 31 heavy (non-hydrogen) atoms. The molecule has 0 spiro atoms. The van der Waals surface area contributed by atoms with Crippen LogP contribution in [-0.4, -0.2) is 53.0 Å². The number of hydrogen-bond acceptors (Lipinski definition) is 5. The average molecular weight is 426 g/mol. The number of ether oxygens (including phenoxy) is 1. The first-order valence-corrected chi connectivity index (χ1v) is 10.2. The third-order valence-corrected chi connectivity index (χ3v) is 5.41. The minimum Gasteiger partial charge on any atom is -0.480 e. The fourth-order valence-corrected chi connectivity index (χ4v) is 3.78. The molecular weight excluding hydrogens is 400 g/mol. The fraction of sp³-hybridized carbons (Fsp3) is 0.348. The Morgan fingerprint density at radius 3 is 2.03 bits per heavy atom. The topological polar surface area (TPSA) is 125 Å². The number of carbonyl (C=O) groups is 3. The second-order valence-corrected chi connectivity index (χ2v) is 7.50. The number of alkyl carbamates (subject to hydrolysis) is 1. The molecule has 0 heterocycles. The summed E-state index contributed by atoms with van der Waals surface area (Å²) < 4.78 is 5.43. The number of aliphatic hydroxyl groups is 1. The molecule has 1 aliphatic rings. The number of carbonyl (C=O) groups excluding carboxylic acids is 2. The normalized spacial score (nSPS) is 15.2. The van der Waals surface area contributed by atoms with Crippen molar-refractivity contribution in [1.29, 1.82) is 0 Å². The summed E-state index contributed by atoms with van der Waals surface area (Å²) in [7, 11) is 0. The second-order valence-electron chi connectivity index (χ2n) is 7.50. The van der Waals surface area contributed by atoms with Crippen LogP contribution in [0, 0.1) is 0 Å². The quantitative estimate of drug-likeness (QED) is 0.513. The molecule has 0 bridgehead atoms. The molecule has 0 radical (unpaired) electrons. The van der Waals surface area contributed by atoms with Gasteiger partial charge in [0.15, 0.2) is 6.04 Å². The molecule has 2 aromatic carbocycles.